The minimum Gasteiger partial charge on any atom is -0.504 e. The molecule has 1 aromatic rings. The van der Waals surface area contributed by atoms with Gasteiger partial charge in [0.05, 0.1) is 4.90 Å². The van der Waals surface area contributed by atoms with E-state index in [0.717, 1.165) is 17.8 Å². The Bertz CT molecular complexity index is 942. The summed E-state index contributed by atoms with van der Waals surface area (Å²) in [5.41, 5.74) is 11.1. The average molecular weight is 503 g/mol. The van der Waals surface area contributed by atoms with E-state index in [1.807, 2.05) is 0 Å². The van der Waals surface area contributed by atoms with Gasteiger partial charge in [-0.3, -0.25) is 24.0 Å². The summed E-state index contributed by atoms with van der Waals surface area (Å²) in [7, 11) is 0. The lowest BCUT2D eigenvalue weighted by atomic mass is 10.1. The van der Waals surface area contributed by atoms with Gasteiger partial charge in [0.1, 0.15) is 24.7 Å². The van der Waals surface area contributed by atoms with Gasteiger partial charge in [0.25, 0.3) is 0 Å². The molecule has 34 heavy (non-hydrogen) atoms. The van der Waals surface area contributed by atoms with E-state index in [4.69, 9.17) is 26.8 Å². The summed E-state index contributed by atoms with van der Waals surface area (Å²) in [6.45, 7) is -0.728. The summed E-state index contributed by atoms with van der Waals surface area (Å²) in [6.07, 6.45) is -0.701. The van der Waals surface area contributed by atoms with Crippen molar-refractivity contribution in [3.8, 4) is 11.5 Å². The Morgan fingerprint density at radius 2 is 1.59 bits per heavy atom. The molecule has 15 heteroatoms. The first-order valence-corrected chi connectivity index (χ1v) is 10.7. The first kappa shape index (κ1) is 28.5. The van der Waals surface area contributed by atoms with Crippen LogP contribution in [0.3, 0.4) is 0 Å². The Hall–Kier alpha value is -3.56. The molecule has 0 saturated heterocycles. The van der Waals surface area contributed by atoms with Crippen LogP contribution >= 0.6 is 11.8 Å². The third-order valence-corrected chi connectivity index (χ3v) is 5.48. The highest BCUT2D eigenvalue weighted by molar-refractivity contribution is 7.99. The smallest absolute Gasteiger partial charge is 0.322 e. The van der Waals surface area contributed by atoms with Gasteiger partial charge in [0.2, 0.25) is 11.8 Å². The molecule has 0 aliphatic rings. The van der Waals surface area contributed by atoms with E-state index in [9.17, 15) is 34.2 Å². The number of phenolic OH excluding ortho intramolecular Hbond substituents is 2. The summed E-state index contributed by atoms with van der Waals surface area (Å²) in [5, 5.41) is 51.0. The van der Waals surface area contributed by atoms with Gasteiger partial charge in [-0.2, -0.15) is 0 Å². The van der Waals surface area contributed by atoms with E-state index in [0.29, 0.717) is 0 Å². The highest BCUT2D eigenvalue weighted by Crippen LogP contribution is 2.37. The minimum absolute atomic E-state index is 0.0470. The van der Waals surface area contributed by atoms with Gasteiger partial charge < -0.3 is 47.6 Å². The number of carboxylic acids is 3. The number of amides is 2. The normalized spacial score (nSPS) is 13.4. The first-order chi connectivity index (χ1) is 15.8. The van der Waals surface area contributed by atoms with Crippen molar-refractivity contribution in [1.82, 2.24) is 10.6 Å². The van der Waals surface area contributed by atoms with Gasteiger partial charge in [-0.25, -0.2) is 0 Å². The summed E-state index contributed by atoms with van der Waals surface area (Å²) in [4.78, 5) is 57.1. The van der Waals surface area contributed by atoms with Crippen LogP contribution < -0.4 is 22.1 Å². The van der Waals surface area contributed by atoms with Crippen LogP contribution in [-0.4, -0.2) is 85.7 Å². The summed E-state index contributed by atoms with van der Waals surface area (Å²) < 4.78 is 0. The number of hydrogen-bond acceptors (Lipinski definition) is 10. The molecular weight excluding hydrogens is 476 g/mol. The van der Waals surface area contributed by atoms with Gasteiger partial charge in [0.15, 0.2) is 11.5 Å². The van der Waals surface area contributed by atoms with E-state index in [1.165, 1.54) is 6.07 Å². The van der Waals surface area contributed by atoms with Gasteiger partial charge in [0, 0.05) is 12.2 Å². The topological polar surface area (TPSA) is 263 Å². The standard InChI is InChI=1S/C19H26N4O10S/c20-9(18(30)31)1-2-14(25)23-11(17(29)22-6-15(26)27)7-34-13-5-8(3-10(21)19(32)33)4-12(24)16(13)28/h4-5,9-11,24,28H,1-3,6-7,20-21H2,(H,22,29)(H,23,25)(H,26,27)(H,30,31)(H,32,33)/t9-,10-,11+/m0/s1. The monoisotopic (exact) mass is 502 g/mol. The second-order valence-corrected chi connectivity index (χ2v) is 8.20. The largest absolute Gasteiger partial charge is 0.504 e. The number of carboxylic acid groups (broad SMARTS) is 3. The van der Waals surface area contributed by atoms with E-state index in [2.05, 4.69) is 10.6 Å². The zero-order valence-electron chi connectivity index (χ0n) is 17.8. The number of nitrogens with two attached hydrogens (primary N) is 2. The van der Waals surface area contributed by atoms with Crippen molar-refractivity contribution in [3.05, 3.63) is 17.7 Å². The Kier molecular flexibility index (Phi) is 11.1. The van der Waals surface area contributed by atoms with Crippen LogP contribution in [0.4, 0.5) is 0 Å². The zero-order chi connectivity index (χ0) is 26.0. The van der Waals surface area contributed by atoms with Gasteiger partial charge in [-0.15, -0.1) is 11.8 Å². The Morgan fingerprint density at radius 1 is 0.971 bits per heavy atom. The molecule has 3 atom stereocenters. The van der Waals surface area contributed by atoms with Crippen LogP contribution in [0.25, 0.3) is 0 Å². The van der Waals surface area contributed by atoms with Gasteiger partial charge in [-0.1, -0.05) is 0 Å². The lowest BCUT2D eigenvalue weighted by Gasteiger charge is -2.19. The average Bonchev–Trinajstić information content (AvgIpc) is 2.75. The van der Waals surface area contributed by atoms with Crippen molar-refractivity contribution in [2.24, 2.45) is 11.5 Å². The fourth-order valence-electron chi connectivity index (χ4n) is 2.54. The highest BCUT2D eigenvalue weighted by Gasteiger charge is 2.24. The molecule has 14 nitrogen and oxygen atoms in total. The van der Waals surface area contributed by atoms with Crippen molar-refractivity contribution < 1.29 is 49.5 Å². The molecule has 188 valence electrons. The van der Waals surface area contributed by atoms with Crippen LogP contribution in [0.15, 0.2) is 17.0 Å². The summed E-state index contributed by atoms with van der Waals surface area (Å²) in [5.74, 6) is -6.84. The maximum absolute atomic E-state index is 12.4. The molecular formula is C19H26N4O10S. The Balaban J connectivity index is 2.98. The highest BCUT2D eigenvalue weighted by atomic mass is 32.2. The summed E-state index contributed by atoms with van der Waals surface area (Å²) in [6, 6.07) is -1.38. The van der Waals surface area contributed by atoms with Gasteiger partial charge >= 0.3 is 17.9 Å². The Labute approximate surface area is 197 Å². The number of aliphatic carboxylic acids is 3. The van der Waals surface area contributed by atoms with Crippen molar-refractivity contribution in [3.63, 3.8) is 0 Å². The number of hydrogen-bond donors (Lipinski definition) is 9. The van der Waals surface area contributed by atoms with Crippen LogP contribution in [0, 0.1) is 0 Å². The quantitative estimate of drug-likeness (QED) is 0.0987. The van der Waals surface area contributed by atoms with Crippen molar-refractivity contribution in [2.75, 3.05) is 12.3 Å². The predicted molar refractivity (Wildman–Crippen MR) is 117 cm³/mol. The van der Waals surface area contributed by atoms with E-state index < -0.39 is 65.9 Å². The molecule has 0 aliphatic carbocycles. The second-order valence-electron chi connectivity index (χ2n) is 7.14. The molecule has 2 amide bonds. The van der Waals surface area contributed by atoms with E-state index in [-0.39, 0.29) is 35.5 Å². The third-order valence-electron chi connectivity index (χ3n) is 4.36. The number of phenols is 2. The molecule has 1 aromatic carbocycles. The van der Waals surface area contributed by atoms with Crippen LogP contribution in [0.1, 0.15) is 18.4 Å². The predicted octanol–water partition coefficient (Wildman–Crippen LogP) is -1.98. The van der Waals surface area contributed by atoms with Crippen LogP contribution in [0.2, 0.25) is 0 Å². The molecule has 0 bridgehead atoms. The molecule has 0 radical (unpaired) electrons. The number of carbonyl (C=O) groups is 5. The number of nitrogens with one attached hydrogen (secondary N) is 2. The SMILES string of the molecule is N[C@@H](CCC(=O)N[C@H](CSc1cc(C[C@H](N)C(=O)O)cc(O)c1O)C(=O)NCC(=O)O)C(=O)O. The first-order valence-electron chi connectivity index (χ1n) is 9.75. The van der Waals surface area contributed by atoms with Gasteiger partial charge in [-0.05, 0) is 30.5 Å². The van der Waals surface area contributed by atoms with E-state index >= 15 is 0 Å². The van der Waals surface area contributed by atoms with Crippen molar-refractivity contribution in [1.29, 1.82) is 0 Å². The fourth-order valence-corrected chi connectivity index (χ4v) is 3.59. The number of benzene rings is 1. The lowest BCUT2D eigenvalue weighted by molar-refractivity contribution is -0.139. The molecule has 0 saturated carbocycles. The Morgan fingerprint density at radius 3 is 2.15 bits per heavy atom. The second kappa shape index (κ2) is 13.2. The molecule has 0 aliphatic heterocycles. The number of carbonyl (C=O) groups excluding carboxylic acids is 2. The lowest BCUT2D eigenvalue weighted by Crippen LogP contribution is -2.49. The number of thioether (sulfide) groups is 1. The molecule has 1 rings (SSSR count). The maximum Gasteiger partial charge on any atom is 0.322 e. The molecule has 0 unspecified atom stereocenters. The van der Waals surface area contributed by atoms with Crippen molar-refractivity contribution >= 4 is 41.5 Å². The van der Waals surface area contributed by atoms with E-state index in [1.54, 1.807) is 0 Å². The minimum atomic E-state index is -1.33. The molecule has 0 aromatic heterocycles. The zero-order valence-corrected chi connectivity index (χ0v) is 18.6. The molecule has 11 N–H and O–H groups in total. The third kappa shape index (κ3) is 9.51. The van der Waals surface area contributed by atoms with Crippen LogP contribution in [0.5, 0.6) is 11.5 Å². The maximum atomic E-state index is 12.4. The molecule has 0 spiro atoms. The fraction of sp³-hybridized carbons (Fsp3) is 0.421. The molecule has 0 fully saturated rings. The number of aromatic hydroxyl groups is 2. The number of rotatable bonds is 14. The van der Waals surface area contributed by atoms with Crippen molar-refractivity contribution in [2.45, 2.75) is 42.3 Å². The summed E-state index contributed by atoms with van der Waals surface area (Å²) >= 11 is 0.813. The van der Waals surface area contributed by atoms with Crippen LogP contribution in [-0.2, 0) is 30.4 Å². The molecule has 0 heterocycles.